The third kappa shape index (κ3) is 4.53. The molecular formula is C24H30ClN3O2. The highest BCUT2D eigenvalue weighted by Crippen LogP contribution is 2.32. The molecule has 2 N–H and O–H groups in total. The van der Waals surface area contributed by atoms with Gasteiger partial charge in [-0.1, -0.05) is 48.5 Å². The first-order valence-corrected chi connectivity index (χ1v) is 10.3. The van der Waals surface area contributed by atoms with Crippen molar-refractivity contribution in [2.75, 3.05) is 33.2 Å². The fourth-order valence-electron chi connectivity index (χ4n) is 4.32. The van der Waals surface area contributed by atoms with Gasteiger partial charge in [0, 0.05) is 31.4 Å². The van der Waals surface area contributed by atoms with Gasteiger partial charge in [-0.15, -0.1) is 12.4 Å². The average molecular weight is 428 g/mol. The van der Waals surface area contributed by atoms with Crippen LogP contribution in [-0.4, -0.2) is 48.9 Å². The number of nitrogens with two attached hydrogens (primary N) is 1. The van der Waals surface area contributed by atoms with Gasteiger partial charge in [0.1, 0.15) is 11.3 Å². The number of carbonyl (C=O) groups is 1. The molecule has 2 heterocycles. The Bertz CT molecular complexity index is 942. The van der Waals surface area contributed by atoms with Crippen LogP contribution in [0.2, 0.25) is 0 Å². The summed E-state index contributed by atoms with van der Waals surface area (Å²) in [4.78, 5) is 17.0. The Hall–Kier alpha value is -2.34. The molecule has 0 spiro atoms. The molecule has 3 atom stereocenters. The normalized spacial score (nSPS) is 20.1. The van der Waals surface area contributed by atoms with Gasteiger partial charge in [-0.2, -0.15) is 0 Å². The monoisotopic (exact) mass is 427 g/mol. The number of furan rings is 1. The highest BCUT2D eigenvalue weighted by Gasteiger charge is 2.34. The van der Waals surface area contributed by atoms with E-state index in [1.165, 1.54) is 5.56 Å². The molecule has 1 aliphatic rings. The van der Waals surface area contributed by atoms with Gasteiger partial charge in [-0.05, 0) is 37.1 Å². The van der Waals surface area contributed by atoms with Crippen LogP contribution in [0.25, 0.3) is 11.0 Å². The SMILES string of the molecule is CC(c1cc2ccccc2o1)N(C)C(=O)CN1C[C@@H](CN)[C@H](c2ccccc2)C1.Cl. The summed E-state index contributed by atoms with van der Waals surface area (Å²) < 4.78 is 5.96. The lowest BCUT2D eigenvalue weighted by atomic mass is 9.89. The molecule has 0 radical (unpaired) electrons. The summed E-state index contributed by atoms with van der Waals surface area (Å²) >= 11 is 0. The number of likely N-dealkylation sites (N-methyl/N-ethyl adjacent to an activating group) is 1. The average Bonchev–Trinajstić information content (AvgIpc) is 3.37. The van der Waals surface area contributed by atoms with Crippen molar-refractivity contribution in [2.24, 2.45) is 11.7 Å². The second kappa shape index (κ2) is 9.65. The minimum absolute atomic E-state index is 0. The maximum Gasteiger partial charge on any atom is 0.237 e. The van der Waals surface area contributed by atoms with Crippen molar-refractivity contribution in [3.05, 3.63) is 72.0 Å². The first-order chi connectivity index (χ1) is 14.1. The molecule has 1 aliphatic heterocycles. The van der Waals surface area contributed by atoms with E-state index in [1.807, 2.05) is 50.4 Å². The van der Waals surface area contributed by atoms with Gasteiger partial charge in [0.05, 0.1) is 12.6 Å². The zero-order chi connectivity index (χ0) is 20.4. The topological polar surface area (TPSA) is 62.7 Å². The molecule has 4 rings (SSSR count). The van der Waals surface area contributed by atoms with Crippen LogP contribution in [0.3, 0.4) is 0 Å². The Balaban J connectivity index is 0.00000256. The number of rotatable bonds is 6. The molecule has 3 aromatic rings. The molecule has 1 unspecified atom stereocenters. The molecule has 0 saturated carbocycles. The quantitative estimate of drug-likeness (QED) is 0.644. The molecule has 6 heteroatoms. The van der Waals surface area contributed by atoms with Crippen LogP contribution >= 0.6 is 12.4 Å². The van der Waals surface area contributed by atoms with E-state index in [4.69, 9.17) is 10.2 Å². The molecule has 2 aromatic carbocycles. The summed E-state index contributed by atoms with van der Waals surface area (Å²) in [7, 11) is 1.85. The van der Waals surface area contributed by atoms with E-state index in [-0.39, 0.29) is 24.4 Å². The standard InChI is InChI=1S/C24H29N3O2.ClH/c1-17(23-12-19-10-6-7-11-22(19)29-23)26(2)24(28)16-27-14-20(13-25)21(15-27)18-8-4-3-5-9-18;/h3-12,17,20-21H,13-16,25H2,1-2H3;1H/t17?,20-,21+;/m1./s1. The van der Waals surface area contributed by atoms with Crippen LogP contribution in [0.15, 0.2) is 65.1 Å². The fourth-order valence-corrected chi connectivity index (χ4v) is 4.32. The number of fused-ring (bicyclic) bond motifs is 1. The maximum absolute atomic E-state index is 13.0. The van der Waals surface area contributed by atoms with Gasteiger partial charge in [-0.25, -0.2) is 0 Å². The fraction of sp³-hybridized carbons (Fsp3) is 0.375. The van der Waals surface area contributed by atoms with E-state index in [1.54, 1.807) is 4.90 Å². The van der Waals surface area contributed by atoms with Crippen molar-refractivity contribution < 1.29 is 9.21 Å². The molecule has 1 fully saturated rings. The Morgan fingerprint density at radius 1 is 1.17 bits per heavy atom. The van der Waals surface area contributed by atoms with Crippen LogP contribution in [0.1, 0.15) is 30.2 Å². The summed E-state index contributed by atoms with van der Waals surface area (Å²) in [6.45, 7) is 4.77. The second-order valence-electron chi connectivity index (χ2n) is 8.07. The zero-order valence-corrected chi connectivity index (χ0v) is 18.3. The van der Waals surface area contributed by atoms with Crippen LogP contribution in [0.4, 0.5) is 0 Å². The predicted octanol–water partition coefficient (Wildman–Crippen LogP) is 4.05. The zero-order valence-electron chi connectivity index (χ0n) is 17.5. The molecule has 1 saturated heterocycles. The van der Waals surface area contributed by atoms with Gasteiger partial charge in [0.15, 0.2) is 0 Å². The molecule has 0 bridgehead atoms. The van der Waals surface area contributed by atoms with E-state index in [0.717, 1.165) is 29.8 Å². The van der Waals surface area contributed by atoms with Crippen LogP contribution in [0, 0.1) is 5.92 Å². The summed E-state index contributed by atoms with van der Waals surface area (Å²) in [5, 5.41) is 1.06. The van der Waals surface area contributed by atoms with E-state index in [9.17, 15) is 4.79 Å². The lowest BCUT2D eigenvalue weighted by Gasteiger charge is -2.26. The van der Waals surface area contributed by atoms with E-state index in [0.29, 0.717) is 24.9 Å². The minimum Gasteiger partial charge on any atom is -0.459 e. The number of nitrogens with zero attached hydrogens (tertiary/aromatic N) is 2. The Labute approximate surface area is 184 Å². The number of hydrogen-bond donors (Lipinski definition) is 1. The maximum atomic E-state index is 13.0. The molecular weight excluding hydrogens is 398 g/mol. The highest BCUT2D eigenvalue weighted by atomic mass is 35.5. The van der Waals surface area contributed by atoms with Gasteiger partial charge >= 0.3 is 0 Å². The number of hydrogen-bond acceptors (Lipinski definition) is 4. The van der Waals surface area contributed by atoms with E-state index >= 15 is 0 Å². The van der Waals surface area contributed by atoms with Crippen LogP contribution in [-0.2, 0) is 4.79 Å². The third-order valence-electron chi connectivity index (χ3n) is 6.24. The summed E-state index contributed by atoms with van der Waals surface area (Å²) in [6, 6.07) is 20.3. The van der Waals surface area contributed by atoms with Crippen molar-refractivity contribution in [3.8, 4) is 0 Å². The summed E-state index contributed by atoms with van der Waals surface area (Å²) in [6.07, 6.45) is 0. The molecule has 1 aromatic heterocycles. The van der Waals surface area contributed by atoms with Gasteiger partial charge < -0.3 is 15.1 Å². The largest absolute Gasteiger partial charge is 0.459 e. The van der Waals surface area contributed by atoms with Crippen molar-refractivity contribution in [1.82, 2.24) is 9.80 Å². The Morgan fingerprint density at radius 2 is 1.87 bits per heavy atom. The lowest BCUT2D eigenvalue weighted by Crippen LogP contribution is -2.39. The second-order valence-corrected chi connectivity index (χ2v) is 8.07. The summed E-state index contributed by atoms with van der Waals surface area (Å²) in [5.74, 6) is 1.67. The lowest BCUT2D eigenvalue weighted by molar-refractivity contribution is -0.133. The smallest absolute Gasteiger partial charge is 0.237 e. The van der Waals surface area contributed by atoms with Crippen LogP contribution in [0.5, 0.6) is 0 Å². The minimum atomic E-state index is -0.118. The van der Waals surface area contributed by atoms with Gasteiger partial charge in [-0.3, -0.25) is 9.69 Å². The van der Waals surface area contributed by atoms with Gasteiger partial charge in [0.2, 0.25) is 5.91 Å². The number of amides is 1. The Kier molecular flexibility index (Phi) is 7.19. The molecule has 30 heavy (non-hydrogen) atoms. The summed E-state index contributed by atoms with van der Waals surface area (Å²) in [5.41, 5.74) is 8.20. The van der Waals surface area contributed by atoms with Crippen molar-refractivity contribution in [1.29, 1.82) is 0 Å². The highest BCUT2D eigenvalue weighted by molar-refractivity contribution is 5.85. The molecule has 5 nitrogen and oxygen atoms in total. The van der Waals surface area contributed by atoms with Gasteiger partial charge in [0.25, 0.3) is 0 Å². The van der Waals surface area contributed by atoms with Crippen LogP contribution < -0.4 is 5.73 Å². The number of carbonyl (C=O) groups excluding carboxylic acids is 1. The molecule has 0 aliphatic carbocycles. The number of likely N-dealkylation sites (tertiary alicyclic amines) is 1. The number of para-hydroxylation sites is 1. The number of halogens is 1. The number of benzene rings is 2. The first-order valence-electron chi connectivity index (χ1n) is 10.3. The third-order valence-corrected chi connectivity index (χ3v) is 6.24. The predicted molar refractivity (Wildman–Crippen MR) is 123 cm³/mol. The molecule has 160 valence electrons. The van der Waals surface area contributed by atoms with Crippen molar-refractivity contribution >= 4 is 29.3 Å². The van der Waals surface area contributed by atoms with E-state index in [2.05, 4.69) is 29.2 Å². The van der Waals surface area contributed by atoms with Crippen molar-refractivity contribution in [2.45, 2.75) is 18.9 Å². The molecule has 1 amide bonds. The van der Waals surface area contributed by atoms with E-state index < -0.39 is 0 Å². The first kappa shape index (κ1) is 22.3. The van der Waals surface area contributed by atoms with Crippen molar-refractivity contribution in [3.63, 3.8) is 0 Å². The Morgan fingerprint density at radius 3 is 2.57 bits per heavy atom.